The zero-order valence-electron chi connectivity index (χ0n) is 10.7. The highest BCUT2D eigenvalue weighted by atomic mass is 16.4. The molecule has 0 saturated heterocycles. The first-order valence-corrected chi connectivity index (χ1v) is 5.94. The number of aromatic nitrogens is 2. The number of hydrogen-bond acceptors (Lipinski definition) is 5. The number of aliphatic hydroxyl groups excluding tert-OH is 2. The molecule has 21 heavy (non-hydrogen) atoms. The van der Waals surface area contributed by atoms with Gasteiger partial charge in [-0.25, -0.2) is 4.79 Å². The highest BCUT2D eigenvalue weighted by molar-refractivity contribution is 5.86. The Morgan fingerprint density at radius 2 is 1.81 bits per heavy atom. The van der Waals surface area contributed by atoms with Crippen molar-refractivity contribution in [1.82, 2.24) is 10.2 Å². The van der Waals surface area contributed by atoms with Crippen molar-refractivity contribution in [2.45, 2.75) is 12.2 Å². The summed E-state index contributed by atoms with van der Waals surface area (Å²) in [5, 5.41) is 34.2. The number of aromatic carboxylic acids is 1. The molecule has 1 aromatic carbocycles. The van der Waals surface area contributed by atoms with E-state index in [0.29, 0.717) is 16.8 Å². The van der Waals surface area contributed by atoms with Crippen LogP contribution in [0.1, 0.15) is 22.2 Å². The molecule has 0 aliphatic carbocycles. The van der Waals surface area contributed by atoms with Gasteiger partial charge in [-0.3, -0.25) is 9.89 Å². The second-order valence-corrected chi connectivity index (χ2v) is 4.39. The number of nitrogens with zero attached hydrogens (tertiary/aromatic N) is 1. The summed E-state index contributed by atoms with van der Waals surface area (Å²) in [7, 11) is 0. The molecule has 0 aliphatic heterocycles. The standard InChI is InChI=1S/C13H13N3O5/c14-12(19)11(18)10(17)7-3-1-6(2-4-7)8-5-9(13(20)21)16-15-8/h1-5,10-11,17-18H,(H2,14,19)(H,15,16)(H,20,21). The summed E-state index contributed by atoms with van der Waals surface area (Å²) in [6.45, 7) is 0. The number of aromatic amines is 1. The maximum absolute atomic E-state index is 10.8. The highest BCUT2D eigenvalue weighted by Gasteiger charge is 2.23. The minimum absolute atomic E-state index is 0.0433. The van der Waals surface area contributed by atoms with E-state index in [1.165, 1.54) is 18.2 Å². The molecule has 1 amide bonds. The zero-order chi connectivity index (χ0) is 15.6. The van der Waals surface area contributed by atoms with E-state index >= 15 is 0 Å². The lowest BCUT2D eigenvalue weighted by molar-refractivity contribution is -0.131. The number of rotatable bonds is 5. The number of benzene rings is 1. The third-order valence-electron chi connectivity index (χ3n) is 2.95. The number of H-pyrrole nitrogens is 1. The lowest BCUT2D eigenvalue weighted by Gasteiger charge is -2.15. The SMILES string of the molecule is NC(=O)C(O)C(O)c1ccc(-c2cc(C(=O)O)[nH]n2)cc1. The first kappa shape index (κ1) is 14.7. The molecular weight excluding hydrogens is 278 g/mol. The smallest absolute Gasteiger partial charge is 0.353 e. The molecule has 2 rings (SSSR count). The number of carboxylic acids is 1. The number of hydrogen-bond donors (Lipinski definition) is 5. The Bertz CT molecular complexity index is 665. The average molecular weight is 291 g/mol. The number of nitrogens with one attached hydrogen (secondary N) is 1. The van der Waals surface area contributed by atoms with E-state index < -0.39 is 24.1 Å². The lowest BCUT2D eigenvalue weighted by atomic mass is 10.0. The van der Waals surface area contributed by atoms with Gasteiger partial charge in [0.1, 0.15) is 11.8 Å². The Kier molecular flexibility index (Phi) is 4.01. The van der Waals surface area contributed by atoms with E-state index in [2.05, 4.69) is 10.2 Å². The average Bonchev–Trinajstić information content (AvgIpc) is 2.96. The number of aliphatic hydroxyl groups is 2. The van der Waals surface area contributed by atoms with Gasteiger partial charge in [0.05, 0.1) is 5.69 Å². The predicted molar refractivity (Wildman–Crippen MR) is 71.1 cm³/mol. The minimum Gasteiger partial charge on any atom is -0.477 e. The van der Waals surface area contributed by atoms with Gasteiger partial charge in [0.25, 0.3) is 0 Å². The van der Waals surface area contributed by atoms with E-state index in [1.807, 2.05) is 0 Å². The van der Waals surface area contributed by atoms with Crippen LogP contribution >= 0.6 is 0 Å². The Hall–Kier alpha value is -2.71. The first-order valence-electron chi connectivity index (χ1n) is 5.94. The van der Waals surface area contributed by atoms with Crippen LogP contribution in [0.5, 0.6) is 0 Å². The molecule has 2 aromatic rings. The third-order valence-corrected chi connectivity index (χ3v) is 2.95. The van der Waals surface area contributed by atoms with E-state index in [4.69, 9.17) is 10.8 Å². The van der Waals surface area contributed by atoms with Crippen molar-refractivity contribution >= 4 is 11.9 Å². The van der Waals surface area contributed by atoms with Crippen LogP contribution in [0.4, 0.5) is 0 Å². The summed E-state index contributed by atoms with van der Waals surface area (Å²) in [5.74, 6) is -2.14. The van der Waals surface area contributed by atoms with Gasteiger partial charge in [0.2, 0.25) is 5.91 Å². The molecule has 1 heterocycles. The van der Waals surface area contributed by atoms with E-state index in [0.717, 1.165) is 0 Å². The molecule has 0 spiro atoms. The first-order chi connectivity index (χ1) is 9.90. The van der Waals surface area contributed by atoms with Crippen molar-refractivity contribution in [2.75, 3.05) is 0 Å². The van der Waals surface area contributed by atoms with E-state index in [1.54, 1.807) is 12.1 Å². The second kappa shape index (κ2) is 5.73. The largest absolute Gasteiger partial charge is 0.477 e. The molecule has 0 fully saturated rings. The van der Waals surface area contributed by atoms with Gasteiger partial charge in [-0.05, 0) is 11.6 Å². The molecule has 8 heteroatoms. The highest BCUT2D eigenvalue weighted by Crippen LogP contribution is 2.22. The van der Waals surface area contributed by atoms with Crippen molar-refractivity contribution in [2.24, 2.45) is 5.73 Å². The van der Waals surface area contributed by atoms with Gasteiger partial charge in [-0.15, -0.1) is 0 Å². The number of carbonyl (C=O) groups is 2. The molecule has 0 aliphatic rings. The fourth-order valence-corrected chi connectivity index (χ4v) is 1.77. The Morgan fingerprint density at radius 1 is 1.19 bits per heavy atom. The van der Waals surface area contributed by atoms with Crippen molar-refractivity contribution < 1.29 is 24.9 Å². The summed E-state index contributed by atoms with van der Waals surface area (Å²) in [4.78, 5) is 21.6. The maximum Gasteiger partial charge on any atom is 0.353 e. The maximum atomic E-state index is 10.8. The van der Waals surface area contributed by atoms with E-state index in [-0.39, 0.29) is 5.69 Å². The van der Waals surface area contributed by atoms with Crippen LogP contribution in [0.15, 0.2) is 30.3 Å². The monoisotopic (exact) mass is 291 g/mol. The van der Waals surface area contributed by atoms with Gasteiger partial charge in [0.15, 0.2) is 6.10 Å². The second-order valence-electron chi connectivity index (χ2n) is 4.39. The van der Waals surface area contributed by atoms with Crippen LogP contribution < -0.4 is 5.73 Å². The summed E-state index contributed by atoms with van der Waals surface area (Å²) in [5.41, 5.74) is 6.20. The van der Waals surface area contributed by atoms with Crippen LogP contribution in [0.3, 0.4) is 0 Å². The number of amides is 1. The molecule has 110 valence electrons. The molecule has 0 bridgehead atoms. The Morgan fingerprint density at radius 3 is 2.29 bits per heavy atom. The number of primary amides is 1. The van der Waals surface area contributed by atoms with Crippen LogP contribution in [0, 0.1) is 0 Å². The van der Waals surface area contributed by atoms with Crippen molar-refractivity contribution in [3.8, 4) is 11.3 Å². The van der Waals surface area contributed by atoms with Gasteiger partial charge in [-0.2, -0.15) is 5.10 Å². The van der Waals surface area contributed by atoms with Gasteiger partial charge in [-0.1, -0.05) is 24.3 Å². The Balaban J connectivity index is 2.22. The number of carboxylic acid groups (broad SMARTS) is 1. The normalized spacial score (nSPS) is 13.6. The summed E-state index contributed by atoms with van der Waals surface area (Å²) < 4.78 is 0. The summed E-state index contributed by atoms with van der Waals surface area (Å²) in [6.07, 6.45) is -3.12. The minimum atomic E-state index is -1.69. The fraction of sp³-hybridized carbons (Fsp3) is 0.154. The lowest BCUT2D eigenvalue weighted by Crippen LogP contribution is -2.33. The molecule has 6 N–H and O–H groups in total. The summed E-state index contributed by atoms with van der Waals surface area (Å²) >= 11 is 0. The number of nitrogens with two attached hydrogens (primary N) is 1. The molecule has 0 saturated carbocycles. The Labute approximate surface area is 118 Å². The van der Waals surface area contributed by atoms with Gasteiger partial charge >= 0.3 is 5.97 Å². The van der Waals surface area contributed by atoms with Gasteiger partial charge in [0, 0.05) is 5.56 Å². The zero-order valence-corrected chi connectivity index (χ0v) is 10.7. The van der Waals surface area contributed by atoms with E-state index in [9.17, 15) is 19.8 Å². The van der Waals surface area contributed by atoms with Crippen LogP contribution in [-0.2, 0) is 4.79 Å². The molecule has 1 aromatic heterocycles. The van der Waals surface area contributed by atoms with Crippen LogP contribution in [-0.4, -0.2) is 43.5 Å². The molecule has 0 radical (unpaired) electrons. The number of carbonyl (C=O) groups excluding carboxylic acids is 1. The predicted octanol–water partition coefficient (Wildman–Crippen LogP) is -0.346. The summed E-state index contributed by atoms with van der Waals surface area (Å²) in [6, 6.07) is 7.50. The molecular formula is C13H13N3O5. The quantitative estimate of drug-likeness (QED) is 0.508. The molecule has 2 unspecified atom stereocenters. The van der Waals surface area contributed by atoms with Crippen LogP contribution in [0.2, 0.25) is 0 Å². The van der Waals surface area contributed by atoms with Crippen molar-refractivity contribution in [3.05, 3.63) is 41.6 Å². The molecule has 8 nitrogen and oxygen atoms in total. The van der Waals surface area contributed by atoms with Crippen molar-refractivity contribution in [1.29, 1.82) is 0 Å². The fourth-order valence-electron chi connectivity index (χ4n) is 1.77. The molecule has 2 atom stereocenters. The van der Waals surface area contributed by atoms with Crippen LogP contribution in [0.25, 0.3) is 11.3 Å². The van der Waals surface area contributed by atoms with Crippen molar-refractivity contribution in [3.63, 3.8) is 0 Å². The topological polar surface area (TPSA) is 150 Å². The van der Waals surface area contributed by atoms with Gasteiger partial charge < -0.3 is 21.1 Å². The third kappa shape index (κ3) is 3.07.